The normalized spacial score (nSPS) is 25.8. The minimum absolute atomic E-state index is 0.0164. The van der Waals surface area contributed by atoms with E-state index in [-0.39, 0.29) is 30.5 Å². The van der Waals surface area contributed by atoms with Crippen LogP contribution in [0.1, 0.15) is 40.1 Å². The first-order chi connectivity index (χ1) is 22.7. The Balaban J connectivity index is 1.20. The predicted molar refractivity (Wildman–Crippen MR) is 168 cm³/mol. The summed E-state index contributed by atoms with van der Waals surface area (Å²) < 4.78 is 24.8. The number of rotatable bonds is 10. The van der Waals surface area contributed by atoms with Crippen LogP contribution in [0.2, 0.25) is 0 Å². The number of para-hydroxylation sites is 1. The van der Waals surface area contributed by atoms with Crippen LogP contribution in [0.5, 0.6) is 5.75 Å². The number of benzene rings is 4. The Morgan fingerprint density at radius 1 is 0.851 bits per heavy atom. The first-order valence-electron chi connectivity index (χ1n) is 15.2. The predicted octanol–water partition coefficient (Wildman–Crippen LogP) is 3.46. The quantitative estimate of drug-likeness (QED) is 0.129. The van der Waals surface area contributed by atoms with Crippen LogP contribution < -0.4 is 4.90 Å². The molecule has 4 aromatic carbocycles. The minimum atomic E-state index is -1.49. The van der Waals surface area contributed by atoms with E-state index in [2.05, 4.69) is 0 Å². The third-order valence-electron chi connectivity index (χ3n) is 8.69. The van der Waals surface area contributed by atoms with Gasteiger partial charge in [0.05, 0.1) is 13.2 Å². The maximum Gasteiger partial charge on any atom is 0.259 e. The van der Waals surface area contributed by atoms with Gasteiger partial charge in [0.2, 0.25) is 0 Å². The number of hydrogen-bond acceptors (Lipinski definition) is 9. The lowest BCUT2D eigenvalue weighted by Crippen LogP contribution is -2.60. The highest BCUT2D eigenvalue weighted by molar-refractivity contribution is 6.05. The van der Waals surface area contributed by atoms with Crippen LogP contribution in [0, 0.1) is 5.82 Å². The van der Waals surface area contributed by atoms with E-state index in [1.807, 2.05) is 6.07 Å². The van der Waals surface area contributed by atoms with Crippen LogP contribution in [0.3, 0.4) is 0 Å². The molecule has 2 aliphatic rings. The molecule has 10 nitrogen and oxygen atoms in total. The van der Waals surface area contributed by atoms with E-state index < -0.39 is 55.1 Å². The number of carbonyl (C=O) groups is 2. The number of phenols is 1. The first kappa shape index (κ1) is 32.5. The summed E-state index contributed by atoms with van der Waals surface area (Å²) in [7, 11) is 0. The smallest absolute Gasteiger partial charge is 0.259 e. The van der Waals surface area contributed by atoms with Crippen molar-refractivity contribution in [2.75, 3.05) is 18.1 Å². The lowest BCUT2D eigenvalue weighted by atomic mass is 9.87. The van der Waals surface area contributed by atoms with Gasteiger partial charge in [0, 0.05) is 23.2 Å². The van der Waals surface area contributed by atoms with Gasteiger partial charge in [-0.15, -0.1) is 0 Å². The second-order valence-electron chi connectivity index (χ2n) is 11.6. The Morgan fingerprint density at radius 2 is 1.53 bits per heavy atom. The van der Waals surface area contributed by atoms with Gasteiger partial charge in [-0.1, -0.05) is 54.6 Å². The van der Waals surface area contributed by atoms with Gasteiger partial charge in [-0.05, 0) is 59.2 Å². The Morgan fingerprint density at radius 3 is 2.19 bits per heavy atom. The van der Waals surface area contributed by atoms with E-state index in [0.717, 1.165) is 5.56 Å². The molecule has 11 heteroatoms. The van der Waals surface area contributed by atoms with Gasteiger partial charge in [-0.25, -0.2) is 4.39 Å². The molecule has 0 bridgehead atoms. The molecule has 2 heterocycles. The molecule has 0 saturated carbocycles. The van der Waals surface area contributed by atoms with E-state index in [9.17, 15) is 39.5 Å². The van der Waals surface area contributed by atoms with Crippen LogP contribution in [-0.4, -0.2) is 81.0 Å². The molecular weight excluding hydrogens is 609 g/mol. The molecule has 244 valence electrons. The number of phenolic OH excluding ortho intramolecular Hbond substituents is 1. The monoisotopic (exact) mass is 643 g/mol. The van der Waals surface area contributed by atoms with Crippen molar-refractivity contribution in [2.45, 2.75) is 49.1 Å². The standard InChI is InChI=1S/C36H34FNO9/c37-24-13-10-21(11-14-24)27(40)16-17-46-35-30(38(36(35)45)25-4-2-1-3-5-25)26-15-12-23(18-28(26)41)20-6-8-22(9-7-20)34-33(44)32(43)31(42)29(19-39)47-34/h1-15,18,29-35,39,41-44H,16-17,19H2/t29-,30-,31-,32+,33-,34?,35-/m1/s1. The maximum atomic E-state index is 13.3. The van der Waals surface area contributed by atoms with Gasteiger partial charge >= 0.3 is 0 Å². The summed E-state index contributed by atoms with van der Waals surface area (Å²) in [4.78, 5) is 27.4. The second-order valence-corrected chi connectivity index (χ2v) is 11.6. The summed E-state index contributed by atoms with van der Waals surface area (Å²) in [5, 5.41) is 51.5. The molecular formula is C36H34FNO9. The first-order valence-corrected chi connectivity index (χ1v) is 15.2. The minimum Gasteiger partial charge on any atom is -0.508 e. The highest BCUT2D eigenvalue weighted by Gasteiger charge is 2.51. The van der Waals surface area contributed by atoms with E-state index in [4.69, 9.17) is 9.47 Å². The summed E-state index contributed by atoms with van der Waals surface area (Å²) in [5.41, 5.74) is 3.31. The second kappa shape index (κ2) is 13.7. The van der Waals surface area contributed by atoms with Crippen molar-refractivity contribution in [1.29, 1.82) is 0 Å². The molecule has 4 aromatic rings. The molecule has 1 amide bonds. The summed E-state index contributed by atoms with van der Waals surface area (Å²) in [6.07, 6.45) is -7.33. The number of aliphatic hydroxyl groups excluding tert-OH is 4. The molecule has 6 rings (SSSR count). The van der Waals surface area contributed by atoms with E-state index >= 15 is 0 Å². The summed E-state index contributed by atoms with van der Waals surface area (Å²) in [5.74, 6) is -1.09. The third kappa shape index (κ3) is 6.41. The van der Waals surface area contributed by atoms with Crippen molar-refractivity contribution >= 4 is 17.4 Å². The molecule has 2 aliphatic heterocycles. The Kier molecular flexibility index (Phi) is 9.46. The van der Waals surface area contributed by atoms with Gasteiger partial charge in [-0.2, -0.15) is 0 Å². The van der Waals surface area contributed by atoms with Gasteiger partial charge in [0.25, 0.3) is 5.91 Å². The zero-order valence-corrected chi connectivity index (χ0v) is 25.1. The molecule has 5 N–H and O–H groups in total. The lowest BCUT2D eigenvalue weighted by molar-refractivity contribution is -0.231. The van der Waals surface area contributed by atoms with Crippen molar-refractivity contribution in [3.8, 4) is 16.9 Å². The van der Waals surface area contributed by atoms with Crippen molar-refractivity contribution in [1.82, 2.24) is 0 Å². The Bertz CT molecular complexity index is 1720. The highest BCUT2D eigenvalue weighted by Crippen LogP contribution is 2.45. The Labute approximate surface area is 269 Å². The van der Waals surface area contributed by atoms with Gasteiger partial charge in [0.15, 0.2) is 11.9 Å². The fourth-order valence-corrected chi connectivity index (χ4v) is 6.08. The molecule has 0 aromatic heterocycles. The van der Waals surface area contributed by atoms with Crippen LogP contribution in [0.25, 0.3) is 11.1 Å². The van der Waals surface area contributed by atoms with E-state index in [1.165, 1.54) is 29.2 Å². The zero-order chi connectivity index (χ0) is 33.2. The number of β-lactam (4-membered cyclic amide) rings is 1. The van der Waals surface area contributed by atoms with Crippen LogP contribution in [0.4, 0.5) is 10.1 Å². The average Bonchev–Trinajstić information content (AvgIpc) is 3.09. The number of Topliss-reactive ketones (excluding diaryl/α,β-unsaturated/α-hetero) is 1. The number of ketones is 1. The third-order valence-corrected chi connectivity index (χ3v) is 8.69. The van der Waals surface area contributed by atoms with Crippen LogP contribution in [-0.2, 0) is 14.3 Å². The number of ether oxygens (including phenoxy) is 2. The van der Waals surface area contributed by atoms with E-state index in [1.54, 1.807) is 66.7 Å². The number of hydrogen-bond donors (Lipinski definition) is 5. The number of aromatic hydroxyl groups is 1. The fraction of sp³-hybridized carbons (Fsp3) is 0.278. The number of carbonyl (C=O) groups excluding carboxylic acids is 2. The molecule has 0 aliphatic carbocycles. The summed E-state index contributed by atoms with van der Waals surface area (Å²) >= 11 is 0. The molecule has 2 saturated heterocycles. The largest absolute Gasteiger partial charge is 0.508 e. The SMILES string of the molecule is O=C(CCO[C@H]1C(=O)N(c2ccccc2)[C@@H]1c1ccc(-c2ccc(C3O[C@H](CO)[C@@H](O)[C@H](O)[C@H]3O)cc2)cc1O)c1ccc(F)cc1. The van der Waals surface area contributed by atoms with Crippen LogP contribution >= 0.6 is 0 Å². The summed E-state index contributed by atoms with van der Waals surface area (Å²) in [6.45, 7) is -0.579. The molecule has 7 atom stereocenters. The fourth-order valence-electron chi connectivity index (χ4n) is 6.08. The van der Waals surface area contributed by atoms with Gasteiger partial charge in [0.1, 0.15) is 48.1 Å². The zero-order valence-electron chi connectivity index (χ0n) is 25.1. The average molecular weight is 644 g/mol. The molecule has 47 heavy (non-hydrogen) atoms. The maximum absolute atomic E-state index is 13.3. The van der Waals surface area contributed by atoms with Crippen molar-refractivity contribution in [3.05, 3.63) is 120 Å². The number of nitrogens with zero attached hydrogens (tertiary/aromatic N) is 1. The van der Waals surface area contributed by atoms with E-state index in [0.29, 0.717) is 27.9 Å². The van der Waals surface area contributed by atoms with Crippen LogP contribution in [0.15, 0.2) is 97.1 Å². The topological polar surface area (TPSA) is 157 Å². The molecule has 0 radical (unpaired) electrons. The molecule has 0 spiro atoms. The molecule has 2 fully saturated rings. The van der Waals surface area contributed by atoms with Gasteiger partial charge in [-0.3, -0.25) is 14.5 Å². The van der Waals surface area contributed by atoms with Gasteiger partial charge < -0.3 is 35.0 Å². The number of aliphatic hydroxyl groups is 4. The molecule has 1 unspecified atom stereocenters. The Hall–Kier alpha value is -4.49. The number of anilines is 1. The lowest BCUT2D eigenvalue weighted by Gasteiger charge is -2.47. The summed E-state index contributed by atoms with van der Waals surface area (Å²) in [6, 6.07) is 25.5. The number of halogens is 1. The highest BCUT2D eigenvalue weighted by atomic mass is 19.1. The number of amides is 1. The van der Waals surface area contributed by atoms with Crippen molar-refractivity contribution < 1.29 is 49.0 Å². The van der Waals surface area contributed by atoms with Crippen molar-refractivity contribution in [2.24, 2.45) is 0 Å². The van der Waals surface area contributed by atoms with Crippen molar-refractivity contribution in [3.63, 3.8) is 0 Å².